The van der Waals surface area contributed by atoms with Crippen molar-refractivity contribution in [3.8, 4) is 5.75 Å². The summed E-state index contributed by atoms with van der Waals surface area (Å²) < 4.78 is 11.0. The van der Waals surface area contributed by atoms with E-state index in [0.717, 1.165) is 74.0 Å². The third-order valence-electron chi connectivity index (χ3n) is 6.92. The van der Waals surface area contributed by atoms with Gasteiger partial charge in [-0.2, -0.15) is 0 Å². The number of methoxy groups -OCH3 is 1. The number of hydrogen-bond donors (Lipinski definition) is 0. The van der Waals surface area contributed by atoms with E-state index in [-0.39, 0.29) is 0 Å². The number of benzene rings is 1. The van der Waals surface area contributed by atoms with Crippen molar-refractivity contribution in [2.75, 3.05) is 38.3 Å². The Morgan fingerprint density at radius 2 is 2.00 bits per heavy atom. The molecule has 2 atom stereocenters. The van der Waals surface area contributed by atoms with Gasteiger partial charge >= 0.3 is 0 Å². The Labute approximate surface area is 182 Å². The second-order valence-electron chi connectivity index (χ2n) is 8.63. The Bertz CT molecular complexity index is 1110. The molecule has 1 aromatic carbocycles. The molecule has 0 saturated carbocycles. The Balaban J connectivity index is 1.27. The fraction of sp³-hybridized carbons (Fsp3) is 0.458. The zero-order chi connectivity index (χ0) is 20.8. The number of ether oxygens (including phenoxy) is 2. The van der Waals surface area contributed by atoms with Crippen molar-refractivity contribution in [2.45, 2.75) is 37.9 Å². The first kappa shape index (κ1) is 19.0. The van der Waals surface area contributed by atoms with Crippen LogP contribution in [0.4, 0.5) is 5.95 Å². The van der Waals surface area contributed by atoms with E-state index in [0.29, 0.717) is 12.1 Å². The van der Waals surface area contributed by atoms with Crippen LogP contribution in [0.1, 0.15) is 35.8 Å². The molecule has 31 heavy (non-hydrogen) atoms. The van der Waals surface area contributed by atoms with Crippen LogP contribution in [0, 0.1) is 0 Å². The second-order valence-corrected chi connectivity index (χ2v) is 8.63. The number of hydrogen-bond acceptors (Lipinski definition) is 7. The molecule has 3 aliphatic heterocycles. The number of morpholine rings is 1. The Morgan fingerprint density at radius 1 is 1.10 bits per heavy atom. The highest BCUT2D eigenvalue weighted by atomic mass is 16.5. The molecule has 2 bridgehead atoms. The van der Waals surface area contributed by atoms with Gasteiger partial charge < -0.3 is 14.4 Å². The van der Waals surface area contributed by atoms with Crippen molar-refractivity contribution in [1.29, 1.82) is 0 Å². The highest BCUT2D eigenvalue weighted by molar-refractivity contribution is 5.84. The zero-order valence-electron chi connectivity index (χ0n) is 17.8. The van der Waals surface area contributed by atoms with Gasteiger partial charge in [-0.05, 0) is 25.0 Å². The van der Waals surface area contributed by atoms with E-state index in [1.807, 2.05) is 12.1 Å². The lowest BCUT2D eigenvalue weighted by molar-refractivity contribution is 0.122. The topological polar surface area (TPSA) is 63.6 Å². The van der Waals surface area contributed by atoms with Gasteiger partial charge in [-0.3, -0.25) is 4.90 Å². The quantitative estimate of drug-likeness (QED) is 0.646. The molecule has 3 aliphatic rings. The minimum absolute atomic E-state index is 0.377. The Kier molecular flexibility index (Phi) is 4.73. The molecule has 7 nitrogen and oxygen atoms in total. The molecular formula is C24H27N5O2. The number of fused-ring (bicyclic) bond motifs is 5. The van der Waals surface area contributed by atoms with Crippen LogP contribution in [0.25, 0.3) is 10.9 Å². The van der Waals surface area contributed by atoms with Crippen molar-refractivity contribution in [3.05, 3.63) is 53.5 Å². The maximum Gasteiger partial charge on any atom is 0.225 e. The summed E-state index contributed by atoms with van der Waals surface area (Å²) in [5, 5.41) is 1.11. The number of pyridine rings is 1. The van der Waals surface area contributed by atoms with Crippen LogP contribution < -0.4 is 9.64 Å². The Hall–Kier alpha value is -2.77. The van der Waals surface area contributed by atoms with E-state index in [9.17, 15) is 0 Å². The molecule has 7 heteroatoms. The molecule has 2 fully saturated rings. The minimum atomic E-state index is 0.377. The largest absolute Gasteiger partial charge is 0.494 e. The first-order chi connectivity index (χ1) is 15.3. The van der Waals surface area contributed by atoms with Crippen LogP contribution in [-0.4, -0.2) is 59.3 Å². The van der Waals surface area contributed by atoms with Crippen LogP contribution >= 0.6 is 0 Å². The van der Waals surface area contributed by atoms with Crippen LogP contribution in [0.2, 0.25) is 0 Å². The molecule has 0 radical (unpaired) electrons. The molecule has 5 heterocycles. The van der Waals surface area contributed by atoms with E-state index in [1.54, 1.807) is 7.11 Å². The second kappa shape index (κ2) is 7.73. The Morgan fingerprint density at radius 3 is 2.87 bits per heavy atom. The highest BCUT2D eigenvalue weighted by Crippen LogP contribution is 2.44. The normalized spacial score (nSPS) is 23.2. The third-order valence-corrected chi connectivity index (χ3v) is 6.92. The molecule has 6 rings (SSSR count). The van der Waals surface area contributed by atoms with E-state index >= 15 is 0 Å². The van der Waals surface area contributed by atoms with Gasteiger partial charge in [0.25, 0.3) is 0 Å². The van der Waals surface area contributed by atoms with E-state index in [1.165, 1.54) is 17.7 Å². The zero-order valence-corrected chi connectivity index (χ0v) is 17.8. The van der Waals surface area contributed by atoms with E-state index in [4.69, 9.17) is 24.4 Å². The average molecular weight is 418 g/mol. The summed E-state index contributed by atoms with van der Waals surface area (Å²) in [6.45, 7) is 4.09. The minimum Gasteiger partial charge on any atom is -0.494 e. The van der Waals surface area contributed by atoms with Crippen LogP contribution in [0.15, 0.2) is 36.5 Å². The summed E-state index contributed by atoms with van der Waals surface area (Å²) in [5.74, 6) is 1.69. The van der Waals surface area contributed by atoms with Crippen LogP contribution in [-0.2, 0) is 17.7 Å². The molecule has 0 N–H and O–H groups in total. The number of nitrogens with zero attached hydrogens (tertiary/aromatic N) is 5. The van der Waals surface area contributed by atoms with Crippen molar-refractivity contribution in [1.82, 2.24) is 19.9 Å². The van der Waals surface area contributed by atoms with Gasteiger partial charge in [-0.25, -0.2) is 15.0 Å². The van der Waals surface area contributed by atoms with Crippen molar-refractivity contribution in [3.63, 3.8) is 0 Å². The number of anilines is 1. The molecule has 0 spiro atoms. The highest BCUT2D eigenvalue weighted by Gasteiger charge is 2.41. The summed E-state index contributed by atoms with van der Waals surface area (Å²) in [5.41, 5.74) is 4.55. The molecule has 3 aromatic rings. The van der Waals surface area contributed by atoms with Gasteiger partial charge in [0.1, 0.15) is 11.3 Å². The van der Waals surface area contributed by atoms with Gasteiger partial charge in [0.2, 0.25) is 5.95 Å². The lowest BCUT2D eigenvalue weighted by Gasteiger charge is -2.36. The first-order valence-electron chi connectivity index (χ1n) is 11.2. The molecule has 0 unspecified atom stereocenters. The lowest BCUT2D eigenvalue weighted by Crippen LogP contribution is -2.40. The third kappa shape index (κ3) is 3.32. The van der Waals surface area contributed by atoms with Gasteiger partial charge in [-0.1, -0.05) is 18.2 Å². The number of aromatic nitrogens is 3. The smallest absolute Gasteiger partial charge is 0.225 e. The number of para-hydroxylation sites is 1. The summed E-state index contributed by atoms with van der Waals surface area (Å²) in [6.07, 6.45) is 5.42. The molecule has 2 aromatic heterocycles. The first-order valence-corrected chi connectivity index (χ1v) is 11.2. The molecule has 2 saturated heterocycles. The summed E-state index contributed by atoms with van der Waals surface area (Å²) >= 11 is 0. The fourth-order valence-corrected chi connectivity index (χ4v) is 5.33. The molecular weight excluding hydrogens is 390 g/mol. The summed E-state index contributed by atoms with van der Waals surface area (Å²) in [4.78, 5) is 19.5. The molecule has 0 amide bonds. The SMILES string of the molecule is COc1cccc2ccc(CN3[C@H]4CC[C@H]3c3cnc(N5CCOCC5)nc3C4)nc12. The molecule has 0 aliphatic carbocycles. The maximum absolute atomic E-state index is 5.53. The van der Waals surface area contributed by atoms with Gasteiger partial charge in [-0.15, -0.1) is 0 Å². The maximum atomic E-state index is 5.53. The fourth-order valence-electron chi connectivity index (χ4n) is 5.33. The van der Waals surface area contributed by atoms with E-state index in [2.05, 4.69) is 34.2 Å². The van der Waals surface area contributed by atoms with Gasteiger partial charge in [0, 0.05) is 55.3 Å². The molecule has 160 valence electrons. The van der Waals surface area contributed by atoms with E-state index < -0.39 is 0 Å². The average Bonchev–Trinajstić information content (AvgIpc) is 3.10. The van der Waals surface area contributed by atoms with Crippen molar-refractivity contribution < 1.29 is 9.47 Å². The summed E-state index contributed by atoms with van der Waals surface area (Å²) in [7, 11) is 1.70. The predicted molar refractivity (Wildman–Crippen MR) is 118 cm³/mol. The standard InChI is InChI=1S/C24H27N5O2/c1-30-22-4-2-3-16-5-6-17(26-23(16)22)15-29-18-7-8-21(29)19-14-25-24(27-20(19)13-18)28-9-11-31-12-10-28/h2-6,14,18,21H,7-13,15H2,1H3/t18-,21-/m0/s1. The van der Waals surface area contributed by atoms with Crippen molar-refractivity contribution >= 4 is 16.9 Å². The van der Waals surface area contributed by atoms with Gasteiger partial charge in [0.15, 0.2) is 0 Å². The van der Waals surface area contributed by atoms with Crippen LogP contribution in [0.5, 0.6) is 5.75 Å². The lowest BCUT2D eigenvalue weighted by atomic mass is 9.99. The monoisotopic (exact) mass is 417 g/mol. The predicted octanol–water partition coefficient (Wildman–Crippen LogP) is 3.13. The van der Waals surface area contributed by atoms with Crippen LogP contribution in [0.3, 0.4) is 0 Å². The van der Waals surface area contributed by atoms with Crippen molar-refractivity contribution in [2.24, 2.45) is 0 Å². The number of rotatable bonds is 4. The van der Waals surface area contributed by atoms with Gasteiger partial charge in [0.05, 0.1) is 31.7 Å². The summed E-state index contributed by atoms with van der Waals surface area (Å²) in [6, 6.07) is 11.3.